The minimum Gasteiger partial charge on any atom is -0.367 e. The van der Waals surface area contributed by atoms with Crippen molar-refractivity contribution >= 4 is 28.4 Å². The summed E-state index contributed by atoms with van der Waals surface area (Å²) >= 11 is 0. The first-order valence-electron chi connectivity index (χ1n) is 9.58. The van der Waals surface area contributed by atoms with E-state index in [0.717, 1.165) is 48.7 Å². The molecule has 0 bridgehead atoms. The molecular weight excluding hydrogens is 328 g/mol. The van der Waals surface area contributed by atoms with Gasteiger partial charge in [-0.05, 0) is 18.9 Å². The van der Waals surface area contributed by atoms with Gasteiger partial charge in [0.2, 0.25) is 5.91 Å². The van der Waals surface area contributed by atoms with Gasteiger partial charge in [-0.25, -0.2) is 15.0 Å². The first-order valence-corrected chi connectivity index (χ1v) is 9.58. The molecule has 0 aromatic carbocycles. The van der Waals surface area contributed by atoms with Crippen LogP contribution < -0.4 is 10.2 Å². The zero-order valence-electron chi connectivity index (χ0n) is 15.3. The van der Waals surface area contributed by atoms with E-state index in [9.17, 15) is 4.79 Å². The molecular formula is C19H26N6O. The Hall–Kier alpha value is -2.44. The SMILES string of the molecule is CC(=O)N1CCN(c2cc3c(NC4CCCCC4)ncnc3cn2)CC1. The molecule has 0 radical (unpaired) electrons. The number of hydrogen-bond donors (Lipinski definition) is 1. The number of fused-ring (bicyclic) bond motifs is 1. The highest BCUT2D eigenvalue weighted by Crippen LogP contribution is 2.27. The molecule has 138 valence electrons. The molecule has 1 N–H and O–H groups in total. The van der Waals surface area contributed by atoms with Crippen LogP contribution in [0, 0.1) is 0 Å². The fourth-order valence-electron chi connectivity index (χ4n) is 3.93. The maximum Gasteiger partial charge on any atom is 0.219 e. The number of amides is 1. The summed E-state index contributed by atoms with van der Waals surface area (Å²) in [5.41, 5.74) is 0.865. The summed E-state index contributed by atoms with van der Waals surface area (Å²) in [6.45, 7) is 4.72. The van der Waals surface area contributed by atoms with Crippen molar-refractivity contribution in [2.45, 2.75) is 45.1 Å². The van der Waals surface area contributed by atoms with Crippen LogP contribution in [0.15, 0.2) is 18.6 Å². The van der Waals surface area contributed by atoms with Crippen molar-refractivity contribution in [3.63, 3.8) is 0 Å². The first kappa shape index (κ1) is 17.0. The molecule has 2 aliphatic rings. The third-order valence-electron chi connectivity index (χ3n) is 5.50. The van der Waals surface area contributed by atoms with Gasteiger partial charge in [0.1, 0.15) is 18.0 Å². The predicted molar refractivity (Wildman–Crippen MR) is 102 cm³/mol. The van der Waals surface area contributed by atoms with Gasteiger partial charge in [-0.1, -0.05) is 19.3 Å². The van der Waals surface area contributed by atoms with Crippen molar-refractivity contribution in [2.24, 2.45) is 0 Å². The number of carbonyl (C=O) groups is 1. The summed E-state index contributed by atoms with van der Waals surface area (Å²) in [5, 5.41) is 4.65. The molecule has 4 rings (SSSR count). The Kier molecular flexibility index (Phi) is 4.86. The van der Waals surface area contributed by atoms with Gasteiger partial charge >= 0.3 is 0 Å². The molecule has 7 nitrogen and oxygen atoms in total. The zero-order chi connectivity index (χ0) is 17.9. The largest absolute Gasteiger partial charge is 0.367 e. The lowest BCUT2D eigenvalue weighted by molar-refractivity contribution is -0.129. The minimum absolute atomic E-state index is 0.142. The fraction of sp³-hybridized carbons (Fsp3) is 0.579. The smallest absolute Gasteiger partial charge is 0.219 e. The number of hydrogen-bond acceptors (Lipinski definition) is 6. The molecule has 1 amide bonds. The molecule has 0 atom stereocenters. The quantitative estimate of drug-likeness (QED) is 0.913. The highest BCUT2D eigenvalue weighted by atomic mass is 16.2. The standard InChI is InChI=1S/C19H26N6O/c1-14(26)24-7-9-25(10-8-24)18-11-16-17(12-20-18)21-13-22-19(16)23-15-5-3-2-4-6-15/h11-13,15H,2-10H2,1H3,(H,21,22,23). The summed E-state index contributed by atoms with van der Waals surface area (Å²) in [5.74, 6) is 1.98. The fourth-order valence-corrected chi connectivity index (χ4v) is 3.93. The lowest BCUT2D eigenvalue weighted by Gasteiger charge is -2.35. The van der Waals surface area contributed by atoms with Crippen molar-refractivity contribution in [2.75, 3.05) is 36.4 Å². The number of nitrogens with one attached hydrogen (secondary N) is 1. The highest BCUT2D eigenvalue weighted by molar-refractivity contribution is 5.90. The van der Waals surface area contributed by atoms with Gasteiger partial charge in [0.05, 0.1) is 11.7 Å². The third kappa shape index (κ3) is 3.57. The van der Waals surface area contributed by atoms with Crippen LogP contribution in [-0.2, 0) is 4.79 Å². The van der Waals surface area contributed by atoms with Crippen LogP contribution >= 0.6 is 0 Å². The van der Waals surface area contributed by atoms with Crippen molar-refractivity contribution < 1.29 is 4.79 Å². The number of anilines is 2. The van der Waals surface area contributed by atoms with E-state index in [4.69, 9.17) is 0 Å². The molecule has 2 fully saturated rings. The summed E-state index contributed by atoms with van der Waals surface area (Å²) in [4.78, 5) is 29.1. The predicted octanol–water partition coefficient (Wildman–Crippen LogP) is 2.44. The Morgan fingerprint density at radius 2 is 1.85 bits per heavy atom. The van der Waals surface area contributed by atoms with Crippen LogP contribution in [0.2, 0.25) is 0 Å². The van der Waals surface area contributed by atoms with Crippen LogP contribution in [0.25, 0.3) is 10.9 Å². The second-order valence-corrected chi connectivity index (χ2v) is 7.25. The minimum atomic E-state index is 0.142. The molecule has 0 spiro atoms. The number of aromatic nitrogens is 3. The average molecular weight is 354 g/mol. The van der Waals surface area contributed by atoms with E-state index >= 15 is 0 Å². The van der Waals surface area contributed by atoms with Crippen molar-refractivity contribution in [1.29, 1.82) is 0 Å². The third-order valence-corrected chi connectivity index (χ3v) is 5.50. The Morgan fingerprint density at radius 1 is 1.08 bits per heavy atom. The second kappa shape index (κ2) is 7.43. The van der Waals surface area contributed by atoms with Gasteiger partial charge < -0.3 is 15.1 Å². The topological polar surface area (TPSA) is 74.2 Å². The highest BCUT2D eigenvalue weighted by Gasteiger charge is 2.21. The Morgan fingerprint density at radius 3 is 2.58 bits per heavy atom. The van der Waals surface area contributed by atoms with Gasteiger partial charge in [-0.3, -0.25) is 4.79 Å². The van der Waals surface area contributed by atoms with E-state index in [-0.39, 0.29) is 5.91 Å². The van der Waals surface area contributed by atoms with Gasteiger partial charge in [-0.2, -0.15) is 0 Å². The number of nitrogens with zero attached hydrogens (tertiary/aromatic N) is 5. The summed E-state index contributed by atoms with van der Waals surface area (Å²) in [7, 11) is 0. The number of rotatable bonds is 3. The molecule has 1 saturated carbocycles. The molecule has 1 aliphatic heterocycles. The maximum absolute atomic E-state index is 11.5. The molecule has 2 aromatic heterocycles. The molecule has 3 heterocycles. The normalized spacial score (nSPS) is 19.0. The van der Waals surface area contributed by atoms with Gasteiger partial charge in [0.25, 0.3) is 0 Å². The van der Waals surface area contributed by atoms with E-state index in [2.05, 4.69) is 31.2 Å². The van der Waals surface area contributed by atoms with Gasteiger partial charge in [0, 0.05) is 44.5 Å². The summed E-state index contributed by atoms with van der Waals surface area (Å²) in [6.07, 6.45) is 9.76. The number of pyridine rings is 1. The number of piperazine rings is 1. The zero-order valence-corrected chi connectivity index (χ0v) is 15.3. The van der Waals surface area contributed by atoms with Crippen LogP contribution in [0.4, 0.5) is 11.6 Å². The van der Waals surface area contributed by atoms with E-state index in [1.54, 1.807) is 13.3 Å². The molecule has 7 heteroatoms. The molecule has 1 saturated heterocycles. The van der Waals surface area contributed by atoms with Crippen molar-refractivity contribution in [3.8, 4) is 0 Å². The van der Waals surface area contributed by atoms with Gasteiger partial charge in [-0.15, -0.1) is 0 Å². The van der Waals surface area contributed by atoms with Crippen LogP contribution in [0.1, 0.15) is 39.0 Å². The monoisotopic (exact) mass is 354 g/mol. The second-order valence-electron chi connectivity index (χ2n) is 7.25. The number of carbonyl (C=O) groups excluding carboxylic acids is 1. The molecule has 1 aliphatic carbocycles. The lowest BCUT2D eigenvalue weighted by Crippen LogP contribution is -2.48. The molecule has 26 heavy (non-hydrogen) atoms. The van der Waals surface area contributed by atoms with Crippen LogP contribution in [0.5, 0.6) is 0 Å². The summed E-state index contributed by atoms with van der Waals surface area (Å²) in [6, 6.07) is 2.58. The van der Waals surface area contributed by atoms with E-state index in [1.807, 2.05) is 11.1 Å². The van der Waals surface area contributed by atoms with Crippen molar-refractivity contribution in [3.05, 3.63) is 18.6 Å². The Bertz CT molecular complexity index is 781. The van der Waals surface area contributed by atoms with Crippen LogP contribution in [0.3, 0.4) is 0 Å². The maximum atomic E-state index is 11.5. The molecule has 2 aromatic rings. The van der Waals surface area contributed by atoms with Gasteiger partial charge in [0.15, 0.2) is 0 Å². The first-order chi connectivity index (χ1) is 12.7. The summed E-state index contributed by atoms with van der Waals surface area (Å²) < 4.78 is 0. The van der Waals surface area contributed by atoms with E-state index < -0.39 is 0 Å². The van der Waals surface area contributed by atoms with Crippen LogP contribution in [-0.4, -0.2) is 58.0 Å². The lowest BCUT2D eigenvalue weighted by atomic mass is 9.95. The average Bonchev–Trinajstić information content (AvgIpc) is 2.69. The molecule has 0 unspecified atom stereocenters. The Labute approximate surface area is 153 Å². The van der Waals surface area contributed by atoms with E-state index in [1.165, 1.54) is 32.1 Å². The Balaban J connectivity index is 1.55. The van der Waals surface area contributed by atoms with E-state index in [0.29, 0.717) is 6.04 Å². The van der Waals surface area contributed by atoms with Crippen molar-refractivity contribution in [1.82, 2.24) is 19.9 Å².